The monoisotopic (exact) mass is 352 g/mol. The number of pyridine rings is 1. The van der Waals surface area contributed by atoms with Gasteiger partial charge in [0.05, 0.1) is 6.54 Å². The van der Waals surface area contributed by atoms with Gasteiger partial charge >= 0.3 is 0 Å². The molecule has 1 atom stereocenters. The highest BCUT2D eigenvalue weighted by Crippen LogP contribution is 2.64. The van der Waals surface area contributed by atoms with Crippen LogP contribution in [-0.2, 0) is 6.54 Å². The summed E-state index contributed by atoms with van der Waals surface area (Å²) in [6.45, 7) is 4.63. The highest BCUT2D eigenvalue weighted by Gasteiger charge is 2.58. The predicted octanol–water partition coefficient (Wildman–Crippen LogP) is 2.59. The standard InChI is InChI=1S/C18H20N6O2/c1-12-20-15(25-22-12)11-24-7-4-18(5-8-24)9-14(18)17-21-16(23-26-17)13-3-2-6-19-10-13/h2-3,6,10,14H,4-5,7-9,11H2,1H3. The van der Waals surface area contributed by atoms with Crippen molar-refractivity contribution in [2.45, 2.75) is 38.6 Å². The Balaban J connectivity index is 1.22. The molecule has 1 aliphatic carbocycles. The van der Waals surface area contributed by atoms with Gasteiger partial charge in [-0.1, -0.05) is 10.3 Å². The van der Waals surface area contributed by atoms with Crippen molar-refractivity contribution in [2.24, 2.45) is 5.41 Å². The lowest BCUT2D eigenvalue weighted by Gasteiger charge is -2.31. The first kappa shape index (κ1) is 15.6. The van der Waals surface area contributed by atoms with E-state index in [4.69, 9.17) is 9.05 Å². The van der Waals surface area contributed by atoms with E-state index < -0.39 is 0 Å². The number of aryl methyl sites for hydroxylation is 1. The molecule has 1 unspecified atom stereocenters. The van der Waals surface area contributed by atoms with Crippen LogP contribution in [0.2, 0.25) is 0 Å². The zero-order valence-electron chi connectivity index (χ0n) is 14.6. The Morgan fingerprint density at radius 3 is 2.81 bits per heavy atom. The zero-order valence-corrected chi connectivity index (χ0v) is 14.6. The molecule has 5 rings (SSSR count). The van der Waals surface area contributed by atoms with Crippen LogP contribution in [0.3, 0.4) is 0 Å². The largest absolute Gasteiger partial charge is 0.339 e. The molecule has 8 nitrogen and oxygen atoms in total. The van der Waals surface area contributed by atoms with E-state index in [1.54, 1.807) is 12.4 Å². The van der Waals surface area contributed by atoms with Crippen molar-refractivity contribution in [3.63, 3.8) is 0 Å². The van der Waals surface area contributed by atoms with E-state index in [0.717, 1.165) is 50.4 Å². The van der Waals surface area contributed by atoms with E-state index >= 15 is 0 Å². The third-order valence-electron chi connectivity index (χ3n) is 5.63. The summed E-state index contributed by atoms with van der Waals surface area (Å²) in [4.78, 5) is 15.4. The first-order chi connectivity index (χ1) is 12.7. The van der Waals surface area contributed by atoms with E-state index in [1.807, 2.05) is 19.1 Å². The average Bonchev–Trinajstić information content (AvgIpc) is 3.01. The predicted molar refractivity (Wildman–Crippen MR) is 90.9 cm³/mol. The number of piperidine rings is 1. The van der Waals surface area contributed by atoms with Gasteiger partial charge in [0.1, 0.15) is 0 Å². The van der Waals surface area contributed by atoms with Crippen LogP contribution in [0.25, 0.3) is 11.4 Å². The molecular weight excluding hydrogens is 332 g/mol. The van der Waals surface area contributed by atoms with Crippen molar-refractivity contribution in [1.29, 1.82) is 0 Å². The second-order valence-electron chi connectivity index (χ2n) is 7.33. The Bertz CT molecular complexity index is 897. The van der Waals surface area contributed by atoms with Gasteiger partial charge in [0.2, 0.25) is 17.6 Å². The summed E-state index contributed by atoms with van der Waals surface area (Å²) < 4.78 is 10.8. The number of likely N-dealkylation sites (tertiary alicyclic amines) is 1. The van der Waals surface area contributed by atoms with Gasteiger partial charge in [-0.05, 0) is 56.8 Å². The van der Waals surface area contributed by atoms with E-state index in [2.05, 4.69) is 30.2 Å². The van der Waals surface area contributed by atoms with Crippen molar-refractivity contribution in [1.82, 2.24) is 30.2 Å². The van der Waals surface area contributed by atoms with Crippen LogP contribution in [0.4, 0.5) is 0 Å². The lowest BCUT2D eigenvalue weighted by molar-refractivity contribution is 0.144. The van der Waals surface area contributed by atoms with Gasteiger partial charge in [-0.3, -0.25) is 9.88 Å². The summed E-state index contributed by atoms with van der Waals surface area (Å²) in [6, 6.07) is 3.83. The van der Waals surface area contributed by atoms with E-state index in [0.29, 0.717) is 28.9 Å². The van der Waals surface area contributed by atoms with E-state index in [1.165, 1.54) is 0 Å². The van der Waals surface area contributed by atoms with Crippen LogP contribution >= 0.6 is 0 Å². The molecule has 1 aliphatic heterocycles. The maximum atomic E-state index is 5.56. The third kappa shape index (κ3) is 2.80. The van der Waals surface area contributed by atoms with Gasteiger partial charge in [-0.2, -0.15) is 9.97 Å². The molecule has 3 aromatic rings. The van der Waals surface area contributed by atoms with Crippen LogP contribution < -0.4 is 0 Å². The molecule has 0 radical (unpaired) electrons. The van der Waals surface area contributed by atoms with Crippen LogP contribution in [0.5, 0.6) is 0 Å². The van der Waals surface area contributed by atoms with Crippen molar-refractivity contribution < 1.29 is 9.05 Å². The summed E-state index contributed by atoms with van der Waals surface area (Å²) in [5.41, 5.74) is 1.21. The molecule has 0 amide bonds. The molecule has 1 saturated carbocycles. The summed E-state index contributed by atoms with van der Waals surface area (Å²) in [5.74, 6) is 3.16. The normalized spacial score (nSPS) is 22.0. The van der Waals surface area contributed by atoms with E-state index in [9.17, 15) is 0 Å². The van der Waals surface area contributed by atoms with Crippen molar-refractivity contribution in [3.8, 4) is 11.4 Å². The fraction of sp³-hybridized carbons (Fsp3) is 0.500. The molecule has 2 fully saturated rings. The van der Waals surface area contributed by atoms with Gasteiger partial charge in [0.25, 0.3) is 0 Å². The highest BCUT2D eigenvalue weighted by molar-refractivity contribution is 5.52. The minimum absolute atomic E-state index is 0.319. The van der Waals surface area contributed by atoms with Crippen LogP contribution in [-0.4, -0.2) is 43.3 Å². The van der Waals surface area contributed by atoms with Gasteiger partial charge < -0.3 is 9.05 Å². The highest BCUT2D eigenvalue weighted by atomic mass is 16.5. The average molecular weight is 352 g/mol. The van der Waals surface area contributed by atoms with Gasteiger partial charge in [0, 0.05) is 23.9 Å². The summed E-state index contributed by atoms with van der Waals surface area (Å²) in [7, 11) is 0. The Hall–Kier alpha value is -2.61. The van der Waals surface area contributed by atoms with Crippen molar-refractivity contribution in [2.75, 3.05) is 13.1 Å². The number of hydrogen-bond acceptors (Lipinski definition) is 8. The maximum absolute atomic E-state index is 5.56. The molecule has 0 N–H and O–H groups in total. The Labute approximate surface area is 150 Å². The molecule has 1 spiro atoms. The van der Waals surface area contributed by atoms with E-state index in [-0.39, 0.29) is 0 Å². The SMILES string of the molecule is Cc1noc(CN2CCC3(CC2)CC3c2nc(-c3cccnc3)no2)n1. The molecule has 3 aromatic heterocycles. The minimum atomic E-state index is 0.319. The van der Waals surface area contributed by atoms with Crippen LogP contribution in [0.1, 0.15) is 42.8 Å². The number of hydrogen-bond donors (Lipinski definition) is 0. The molecule has 2 aliphatic rings. The molecular formula is C18H20N6O2. The van der Waals surface area contributed by atoms with Crippen molar-refractivity contribution >= 4 is 0 Å². The minimum Gasteiger partial charge on any atom is -0.339 e. The third-order valence-corrected chi connectivity index (χ3v) is 5.63. The van der Waals surface area contributed by atoms with Gasteiger partial charge in [-0.15, -0.1) is 0 Å². The van der Waals surface area contributed by atoms with Gasteiger partial charge in [-0.25, -0.2) is 0 Å². The molecule has 1 saturated heterocycles. The molecule has 26 heavy (non-hydrogen) atoms. The molecule has 4 heterocycles. The lowest BCUT2D eigenvalue weighted by Crippen LogP contribution is -2.34. The maximum Gasteiger partial charge on any atom is 0.240 e. The zero-order chi connectivity index (χ0) is 17.6. The smallest absolute Gasteiger partial charge is 0.240 e. The first-order valence-electron chi connectivity index (χ1n) is 8.97. The first-order valence-corrected chi connectivity index (χ1v) is 8.97. The fourth-order valence-electron chi connectivity index (χ4n) is 3.99. The van der Waals surface area contributed by atoms with Gasteiger partial charge in [0.15, 0.2) is 5.82 Å². The fourth-order valence-corrected chi connectivity index (χ4v) is 3.99. The summed E-state index contributed by atoms with van der Waals surface area (Å²) in [6.07, 6.45) is 6.90. The Morgan fingerprint density at radius 1 is 1.19 bits per heavy atom. The van der Waals surface area contributed by atoms with Crippen LogP contribution in [0, 0.1) is 12.3 Å². The number of aromatic nitrogens is 5. The number of nitrogens with zero attached hydrogens (tertiary/aromatic N) is 6. The molecule has 0 bridgehead atoms. The molecule has 8 heteroatoms. The topological polar surface area (TPSA) is 94.0 Å². The second-order valence-corrected chi connectivity index (χ2v) is 7.33. The summed E-state index contributed by atoms with van der Waals surface area (Å²) in [5, 5.41) is 7.99. The number of rotatable bonds is 4. The molecule has 134 valence electrons. The Kier molecular flexibility index (Phi) is 3.59. The molecule has 0 aromatic carbocycles. The van der Waals surface area contributed by atoms with Crippen molar-refractivity contribution in [3.05, 3.63) is 42.1 Å². The van der Waals surface area contributed by atoms with Crippen LogP contribution in [0.15, 0.2) is 33.6 Å². The quantitative estimate of drug-likeness (QED) is 0.707. The second kappa shape index (κ2) is 5.98. The lowest BCUT2D eigenvalue weighted by atomic mass is 9.91. The summed E-state index contributed by atoms with van der Waals surface area (Å²) >= 11 is 0. The Morgan fingerprint density at radius 2 is 2.08 bits per heavy atom.